The second kappa shape index (κ2) is 9.53. The molecule has 0 saturated carbocycles. The average molecular weight is 497 g/mol. The minimum atomic E-state index is -0.274. The molecule has 1 amide bonds. The molecule has 1 aromatic carbocycles. The number of carbonyl (C=O) groups is 1. The normalized spacial score (nSPS) is 12.2. The minimum absolute atomic E-state index is 0.0519. The van der Waals surface area contributed by atoms with Crippen molar-refractivity contribution in [1.82, 2.24) is 34.4 Å². The fourth-order valence-electron chi connectivity index (χ4n) is 4.13. The van der Waals surface area contributed by atoms with Crippen LogP contribution in [0.4, 0.5) is 5.82 Å². The van der Waals surface area contributed by atoms with E-state index in [1.807, 2.05) is 44.6 Å². The number of anilines is 1. The molecule has 2 N–H and O–H groups in total. The van der Waals surface area contributed by atoms with E-state index in [9.17, 15) is 4.79 Å². The first kappa shape index (κ1) is 24.5. The Morgan fingerprint density at radius 2 is 2.03 bits per heavy atom. The van der Waals surface area contributed by atoms with Gasteiger partial charge in [0.05, 0.1) is 29.9 Å². The molecule has 184 valence electrons. The van der Waals surface area contributed by atoms with E-state index in [4.69, 9.17) is 27.2 Å². The van der Waals surface area contributed by atoms with Crippen molar-refractivity contribution in [2.24, 2.45) is 0 Å². The summed E-state index contributed by atoms with van der Waals surface area (Å²) in [6.45, 7) is 8.36. The van der Waals surface area contributed by atoms with Crippen molar-refractivity contribution in [2.75, 3.05) is 26.4 Å². The highest BCUT2D eigenvalue weighted by Crippen LogP contribution is 2.43. The van der Waals surface area contributed by atoms with Gasteiger partial charge in [0.25, 0.3) is 0 Å². The van der Waals surface area contributed by atoms with Gasteiger partial charge >= 0.3 is 0 Å². The number of benzene rings is 1. The highest BCUT2D eigenvalue weighted by atomic mass is 35.5. The lowest BCUT2D eigenvalue weighted by Crippen LogP contribution is -2.26. The highest BCUT2D eigenvalue weighted by Gasteiger charge is 2.26. The second-order valence-corrected chi connectivity index (χ2v) is 9.00. The number of fused-ring (bicyclic) bond motifs is 1. The summed E-state index contributed by atoms with van der Waals surface area (Å²) in [6.07, 6.45) is 4.99. The molecule has 35 heavy (non-hydrogen) atoms. The third-order valence-corrected chi connectivity index (χ3v) is 6.41. The van der Waals surface area contributed by atoms with Crippen LogP contribution in [0.3, 0.4) is 0 Å². The summed E-state index contributed by atoms with van der Waals surface area (Å²) in [6, 6.07) is 1.63. The van der Waals surface area contributed by atoms with Crippen molar-refractivity contribution in [1.29, 1.82) is 0 Å². The lowest BCUT2D eigenvalue weighted by atomic mass is 9.95. The quantitative estimate of drug-likeness (QED) is 0.415. The van der Waals surface area contributed by atoms with Crippen molar-refractivity contribution in [3.05, 3.63) is 46.6 Å². The van der Waals surface area contributed by atoms with Crippen LogP contribution in [-0.2, 0) is 11.3 Å². The molecule has 0 radical (unpaired) electrons. The summed E-state index contributed by atoms with van der Waals surface area (Å²) in [5, 5.41) is 10.4. The molecule has 0 aliphatic rings. The van der Waals surface area contributed by atoms with E-state index in [0.717, 1.165) is 33.3 Å². The van der Waals surface area contributed by atoms with Crippen LogP contribution >= 0.6 is 11.6 Å². The van der Waals surface area contributed by atoms with Crippen LogP contribution in [-0.4, -0.2) is 61.0 Å². The zero-order valence-corrected chi connectivity index (χ0v) is 21.5. The summed E-state index contributed by atoms with van der Waals surface area (Å²) in [5.41, 5.74) is 10.8. The number of amides is 1. The lowest BCUT2D eigenvalue weighted by Gasteiger charge is -2.22. The first-order valence-corrected chi connectivity index (χ1v) is 11.7. The monoisotopic (exact) mass is 496 g/mol. The van der Waals surface area contributed by atoms with Gasteiger partial charge in [-0.3, -0.25) is 9.48 Å². The van der Waals surface area contributed by atoms with Gasteiger partial charge in [-0.2, -0.15) is 10.2 Å². The predicted molar refractivity (Wildman–Crippen MR) is 136 cm³/mol. The summed E-state index contributed by atoms with van der Waals surface area (Å²) >= 11 is 6.74. The smallest absolute Gasteiger partial charge is 0.243 e. The number of rotatable bonds is 7. The van der Waals surface area contributed by atoms with Gasteiger partial charge in [0.15, 0.2) is 5.65 Å². The fraction of sp³-hybridized carbons (Fsp3) is 0.375. The van der Waals surface area contributed by atoms with Gasteiger partial charge in [0.1, 0.15) is 24.4 Å². The van der Waals surface area contributed by atoms with Crippen LogP contribution in [0.15, 0.2) is 24.8 Å². The minimum Gasteiger partial charge on any atom is -0.493 e. The van der Waals surface area contributed by atoms with Gasteiger partial charge in [-0.1, -0.05) is 11.6 Å². The second-order valence-electron chi connectivity index (χ2n) is 8.59. The van der Waals surface area contributed by atoms with E-state index in [1.54, 1.807) is 25.0 Å². The summed E-state index contributed by atoms with van der Waals surface area (Å²) in [7, 11) is 3.43. The van der Waals surface area contributed by atoms with Crippen LogP contribution in [0.1, 0.15) is 36.7 Å². The molecule has 0 saturated heterocycles. The van der Waals surface area contributed by atoms with Gasteiger partial charge in [0.2, 0.25) is 5.91 Å². The molecule has 10 nitrogen and oxygen atoms in total. The largest absolute Gasteiger partial charge is 0.493 e. The average Bonchev–Trinajstić information content (AvgIpc) is 3.40. The number of nitrogens with zero attached hydrogens (tertiary/aromatic N) is 7. The van der Waals surface area contributed by atoms with E-state index >= 15 is 0 Å². The molecule has 3 aromatic heterocycles. The van der Waals surface area contributed by atoms with Crippen molar-refractivity contribution >= 4 is 34.4 Å². The Morgan fingerprint density at radius 3 is 2.71 bits per heavy atom. The summed E-state index contributed by atoms with van der Waals surface area (Å²) in [4.78, 5) is 22.2. The molecule has 1 atom stereocenters. The molecule has 4 rings (SSSR count). The lowest BCUT2D eigenvalue weighted by molar-refractivity contribution is -0.129. The fourth-order valence-corrected chi connectivity index (χ4v) is 4.34. The van der Waals surface area contributed by atoms with Crippen LogP contribution in [0.25, 0.3) is 22.2 Å². The first-order chi connectivity index (χ1) is 16.6. The number of carbonyl (C=O) groups excluding carboxylic acids is 1. The molecule has 4 aromatic rings. The maximum absolute atomic E-state index is 12.2. The van der Waals surface area contributed by atoms with Crippen molar-refractivity contribution in [3.63, 3.8) is 0 Å². The van der Waals surface area contributed by atoms with E-state index in [1.165, 1.54) is 11.2 Å². The van der Waals surface area contributed by atoms with E-state index < -0.39 is 0 Å². The number of hydrogen-bond donors (Lipinski definition) is 1. The van der Waals surface area contributed by atoms with Crippen molar-refractivity contribution in [3.8, 4) is 16.9 Å². The van der Waals surface area contributed by atoms with Gasteiger partial charge in [0, 0.05) is 42.0 Å². The molecular formula is C24H29ClN8O2. The molecule has 0 aliphatic heterocycles. The highest BCUT2D eigenvalue weighted by molar-refractivity contribution is 6.32. The number of aryl methyl sites for hydroxylation is 1. The topological polar surface area (TPSA) is 117 Å². The maximum atomic E-state index is 12.2. The summed E-state index contributed by atoms with van der Waals surface area (Å²) in [5.74, 6) is 1.02. The number of nitrogen functional groups attached to an aromatic ring is 1. The Kier molecular flexibility index (Phi) is 6.66. The van der Waals surface area contributed by atoms with Gasteiger partial charge < -0.3 is 15.4 Å². The van der Waals surface area contributed by atoms with Crippen LogP contribution in [0.2, 0.25) is 5.02 Å². The Morgan fingerprint density at radius 1 is 1.29 bits per heavy atom. The predicted octanol–water partition coefficient (Wildman–Crippen LogP) is 3.64. The molecule has 0 bridgehead atoms. The number of halogens is 1. The Labute approximate surface area is 208 Å². The Hall–Kier alpha value is -3.66. The van der Waals surface area contributed by atoms with Crippen molar-refractivity contribution in [2.45, 2.75) is 40.3 Å². The standard InChI is InChI=1S/C24H29ClN8O2/c1-7-35-22-17(15(4)33-24-21(14(3)30-33)23(26)27-12-28-24)8-18(25)13(2)20(22)16-9-29-32(10-16)11-19(34)31(5)6/h8-10,12,15H,7,11H2,1-6H3,(H2,26,27,28). The van der Waals surface area contributed by atoms with Gasteiger partial charge in [-0.05, 0) is 39.3 Å². The summed E-state index contributed by atoms with van der Waals surface area (Å²) < 4.78 is 9.63. The third kappa shape index (κ3) is 4.41. The van der Waals surface area contributed by atoms with Gasteiger partial charge in [-0.25, -0.2) is 14.6 Å². The van der Waals surface area contributed by atoms with E-state index in [-0.39, 0.29) is 18.5 Å². The van der Waals surface area contributed by atoms with Crippen LogP contribution in [0.5, 0.6) is 5.75 Å². The maximum Gasteiger partial charge on any atom is 0.243 e. The molecule has 0 aliphatic carbocycles. The molecule has 0 spiro atoms. The number of hydrogen-bond acceptors (Lipinski definition) is 7. The first-order valence-electron chi connectivity index (χ1n) is 11.3. The number of ether oxygens (including phenoxy) is 1. The molecule has 1 unspecified atom stereocenters. The van der Waals surface area contributed by atoms with Crippen LogP contribution in [0, 0.1) is 13.8 Å². The molecule has 3 heterocycles. The zero-order chi connectivity index (χ0) is 25.4. The third-order valence-electron chi connectivity index (χ3n) is 6.02. The molecule has 0 fully saturated rings. The molecule has 11 heteroatoms. The van der Waals surface area contributed by atoms with E-state index in [2.05, 4.69) is 15.1 Å². The Bertz CT molecular complexity index is 1410. The van der Waals surface area contributed by atoms with E-state index in [0.29, 0.717) is 28.8 Å². The Balaban J connectivity index is 1.87. The van der Waals surface area contributed by atoms with Crippen LogP contribution < -0.4 is 10.5 Å². The number of likely N-dealkylation sites (N-methyl/N-ethyl adjacent to an activating group) is 1. The number of aromatic nitrogens is 6. The van der Waals surface area contributed by atoms with Gasteiger partial charge in [-0.15, -0.1) is 0 Å². The molecular weight excluding hydrogens is 468 g/mol. The van der Waals surface area contributed by atoms with Crippen molar-refractivity contribution < 1.29 is 9.53 Å². The zero-order valence-electron chi connectivity index (χ0n) is 20.7. The number of nitrogens with two attached hydrogens (primary N) is 1. The SMILES string of the molecule is CCOc1c(C(C)n2nc(C)c3c(N)ncnc32)cc(Cl)c(C)c1-c1cnn(CC(=O)N(C)C)c1.